The van der Waals surface area contributed by atoms with E-state index in [2.05, 4.69) is 15.9 Å². The molecule has 0 amide bonds. The van der Waals surface area contributed by atoms with E-state index < -0.39 is 0 Å². The Morgan fingerprint density at radius 1 is 1.65 bits per heavy atom. The fraction of sp³-hybridized carbons (Fsp3) is 0.545. The Labute approximate surface area is 113 Å². The second-order valence-electron chi connectivity index (χ2n) is 3.53. The second-order valence-corrected chi connectivity index (χ2v) is 5.93. The number of hydrogen-bond acceptors (Lipinski definition) is 5. The van der Waals surface area contributed by atoms with Gasteiger partial charge in [-0.3, -0.25) is 0 Å². The van der Waals surface area contributed by atoms with Gasteiger partial charge in [0.2, 0.25) is 0 Å². The molecule has 1 unspecified atom stereocenters. The van der Waals surface area contributed by atoms with E-state index in [-0.39, 0.29) is 18.6 Å². The summed E-state index contributed by atoms with van der Waals surface area (Å²) in [6, 6.07) is 1.81. The molecule has 96 valence electrons. The molecule has 17 heavy (non-hydrogen) atoms. The third kappa shape index (κ3) is 4.75. The molecule has 1 heterocycles. The number of hydrogen-bond donors (Lipinski definition) is 1. The minimum atomic E-state index is -0.358. The van der Waals surface area contributed by atoms with Crippen molar-refractivity contribution in [2.75, 3.05) is 19.8 Å². The molecule has 0 aliphatic rings. The molecule has 0 aliphatic heterocycles. The van der Waals surface area contributed by atoms with Crippen LogP contribution in [-0.4, -0.2) is 25.8 Å². The van der Waals surface area contributed by atoms with Gasteiger partial charge in [0, 0.05) is 4.88 Å². The lowest BCUT2D eigenvalue weighted by Gasteiger charge is -2.09. The highest BCUT2D eigenvalue weighted by Gasteiger charge is 2.12. The minimum absolute atomic E-state index is 0.0485. The van der Waals surface area contributed by atoms with Crippen LogP contribution in [0.3, 0.4) is 0 Å². The monoisotopic (exact) mass is 321 g/mol. The Kier molecular flexibility index (Phi) is 6.11. The zero-order valence-corrected chi connectivity index (χ0v) is 12.3. The molecule has 0 bridgehead atoms. The largest absolute Gasteiger partial charge is 0.464 e. The zero-order chi connectivity index (χ0) is 12.8. The summed E-state index contributed by atoms with van der Waals surface area (Å²) in [5, 5.41) is 0. The first kappa shape index (κ1) is 14.6. The van der Waals surface area contributed by atoms with Gasteiger partial charge in [0.05, 0.1) is 23.0 Å². The lowest BCUT2D eigenvalue weighted by atomic mass is 10.2. The molecule has 0 radical (unpaired) electrons. The quantitative estimate of drug-likeness (QED) is 0.817. The summed E-state index contributed by atoms with van der Waals surface area (Å²) >= 11 is 5.03. The molecular formula is C11H16BrNO3S. The Morgan fingerprint density at radius 3 is 2.88 bits per heavy atom. The lowest BCUT2D eigenvalue weighted by molar-refractivity contribution is -0.148. The number of carbonyl (C=O) groups is 1. The van der Waals surface area contributed by atoms with Crippen LogP contribution in [0.2, 0.25) is 0 Å². The molecule has 0 aromatic carbocycles. The predicted molar refractivity (Wildman–Crippen MR) is 71.1 cm³/mol. The highest BCUT2D eigenvalue weighted by molar-refractivity contribution is 9.11. The number of aryl methyl sites for hydroxylation is 1. The van der Waals surface area contributed by atoms with Gasteiger partial charge in [-0.15, -0.1) is 11.3 Å². The maximum atomic E-state index is 11.0. The zero-order valence-electron chi connectivity index (χ0n) is 9.86. The first-order valence-corrected chi connectivity index (χ1v) is 6.90. The fourth-order valence-electron chi connectivity index (χ4n) is 1.22. The summed E-state index contributed by atoms with van der Waals surface area (Å²) in [4.78, 5) is 12.1. The molecule has 2 N–H and O–H groups in total. The standard InChI is InChI=1S/C11H16BrNO3S/c1-3-16-10(14)6-15-5-8(13)9-4-7(2)11(12)17-9/h4,8H,3,5-6,13H2,1-2H3. The number of ether oxygens (including phenoxy) is 2. The van der Waals surface area contributed by atoms with E-state index in [9.17, 15) is 4.79 Å². The maximum absolute atomic E-state index is 11.0. The van der Waals surface area contributed by atoms with Crippen molar-refractivity contribution in [2.45, 2.75) is 19.9 Å². The molecular weight excluding hydrogens is 306 g/mol. The van der Waals surface area contributed by atoms with E-state index in [1.807, 2.05) is 13.0 Å². The highest BCUT2D eigenvalue weighted by atomic mass is 79.9. The van der Waals surface area contributed by atoms with Crippen LogP contribution in [0.5, 0.6) is 0 Å². The van der Waals surface area contributed by atoms with E-state index in [0.717, 1.165) is 14.2 Å². The van der Waals surface area contributed by atoms with Crippen LogP contribution in [-0.2, 0) is 14.3 Å². The Hall–Kier alpha value is -0.430. The Bertz CT molecular complexity index is 361. The molecule has 0 spiro atoms. The highest BCUT2D eigenvalue weighted by Crippen LogP contribution is 2.30. The van der Waals surface area contributed by atoms with Crippen LogP contribution in [0.1, 0.15) is 23.4 Å². The molecule has 1 rings (SSSR count). The predicted octanol–water partition coefficient (Wildman–Crippen LogP) is 2.40. The van der Waals surface area contributed by atoms with Crippen molar-refractivity contribution in [3.8, 4) is 0 Å². The topological polar surface area (TPSA) is 61.5 Å². The molecule has 6 heteroatoms. The summed E-state index contributed by atoms with van der Waals surface area (Å²) in [6.07, 6.45) is 0. The van der Waals surface area contributed by atoms with Crippen molar-refractivity contribution in [2.24, 2.45) is 5.73 Å². The van der Waals surface area contributed by atoms with Gasteiger partial charge in [-0.05, 0) is 41.4 Å². The first-order valence-electron chi connectivity index (χ1n) is 5.29. The molecule has 0 saturated carbocycles. The maximum Gasteiger partial charge on any atom is 0.332 e. The Balaban J connectivity index is 2.34. The average molecular weight is 322 g/mol. The van der Waals surface area contributed by atoms with Gasteiger partial charge in [-0.25, -0.2) is 4.79 Å². The van der Waals surface area contributed by atoms with Crippen molar-refractivity contribution in [3.05, 3.63) is 20.3 Å². The van der Waals surface area contributed by atoms with E-state index in [4.69, 9.17) is 15.2 Å². The summed E-state index contributed by atoms with van der Waals surface area (Å²) in [5.41, 5.74) is 7.11. The van der Waals surface area contributed by atoms with Crippen LogP contribution in [0.25, 0.3) is 0 Å². The number of esters is 1. The number of nitrogens with two attached hydrogens (primary N) is 1. The van der Waals surface area contributed by atoms with Gasteiger partial charge in [-0.1, -0.05) is 0 Å². The SMILES string of the molecule is CCOC(=O)COCC(N)c1cc(C)c(Br)s1. The van der Waals surface area contributed by atoms with Crippen LogP contribution < -0.4 is 5.73 Å². The number of thiophene rings is 1. The second kappa shape index (κ2) is 7.10. The summed E-state index contributed by atoms with van der Waals surface area (Å²) in [7, 11) is 0. The molecule has 1 atom stereocenters. The normalized spacial score (nSPS) is 12.5. The first-order chi connectivity index (χ1) is 8.04. The van der Waals surface area contributed by atoms with E-state index in [1.54, 1.807) is 18.3 Å². The van der Waals surface area contributed by atoms with Crippen molar-refractivity contribution < 1.29 is 14.3 Å². The van der Waals surface area contributed by atoms with Gasteiger partial charge >= 0.3 is 5.97 Å². The smallest absolute Gasteiger partial charge is 0.332 e. The molecule has 1 aromatic heterocycles. The van der Waals surface area contributed by atoms with Crippen LogP contribution in [0.15, 0.2) is 9.85 Å². The third-order valence-corrected chi connectivity index (χ3v) is 4.33. The Morgan fingerprint density at radius 2 is 2.35 bits per heavy atom. The number of halogens is 1. The van der Waals surface area contributed by atoms with Crippen LogP contribution >= 0.6 is 27.3 Å². The van der Waals surface area contributed by atoms with Gasteiger partial charge in [0.15, 0.2) is 0 Å². The van der Waals surface area contributed by atoms with Crippen molar-refractivity contribution in [3.63, 3.8) is 0 Å². The summed E-state index contributed by atoms with van der Waals surface area (Å²) in [5.74, 6) is -0.358. The summed E-state index contributed by atoms with van der Waals surface area (Å²) < 4.78 is 11.0. The molecule has 1 aromatic rings. The van der Waals surface area contributed by atoms with Gasteiger partial charge in [0.25, 0.3) is 0 Å². The molecule has 4 nitrogen and oxygen atoms in total. The van der Waals surface area contributed by atoms with E-state index in [0.29, 0.717) is 13.2 Å². The average Bonchev–Trinajstić information content (AvgIpc) is 2.59. The third-order valence-electron chi connectivity index (χ3n) is 2.06. The molecule has 0 fully saturated rings. The van der Waals surface area contributed by atoms with Crippen LogP contribution in [0, 0.1) is 6.92 Å². The van der Waals surface area contributed by atoms with Gasteiger partial charge < -0.3 is 15.2 Å². The minimum Gasteiger partial charge on any atom is -0.464 e. The number of carbonyl (C=O) groups excluding carboxylic acids is 1. The van der Waals surface area contributed by atoms with E-state index in [1.165, 1.54) is 0 Å². The van der Waals surface area contributed by atoms with Crippen LogP contribution in [0.4, 0.5) is 0 Å². The number of rotatable bonds is 6. The summed E-state index contributed by atoms with van der Waals surface area (Å²) in [6.45, 7) is 4.40. The molecule has 0 aliphatic carbocycles. The fourth-order valence-corrected chi connectivity index (χ4v) is 2.78. The van der Waals surface area contributed by atoms with Crippen molar-refractivity contribution in [1.82, 2.24) is 0 Å². The lowest BCUT2D eigenvalue weighted by Crippen LogP contribution is -2.20. The van der Waals surface area contributed by atoms with Gasteiger partial charge in [-0.2, -0.15) is 0 Å². The van der Waals surface area contributed by atoms with E-state index >= 15 is 0 Å². The van der Waals surface area contributed by atoms with Crippen molar-refractivity contribution >= 4 is 33.2 Å². The van der Waals surface area contributed by atoms with Crippen molar-refractivity contribution in [1.29, 1.82) is 0 Å². The van der Waals surface area contributed by atoms with Gasteiger partial charge in [0.1, 0.15) is 6.61 Å². The molecule has 0 saturated heterocycles.